The van der Waals surface area contributed by atoms with Gasteiger partial charge in [-0.25, -0.2) is 18.1 Å². The van der Waals surface area contributed by atoms with Crippen LogP contribution >= 0.6 is 47.5 Å². The fourth-order valence-electron chi connectivity index (χ4n) is 3.33. The fourth-order valence-corrected chi connectivity index (χ4v) is 7.52. The first-order valence-corrected chi connectivity index (χ1v) is 15.0. The van der Waals surface area contributed by atoms with Gasteiger partial charge in [0.2, 0.25) is 15.1 Å². The van der Waals surface area contributed by atoms with Crippen molar-refractivity contribution in [2.45, 2.75) is 17.8 Å². The van der Waals surface area contributed by atoms with Gasteiger partial charge in [0.25, 0.3) is 11.8 Å². The molecule has 0 bridgehead atoms. The smallest absolute Gasteiger partial charge is 0.276 e. The lowest BCUT2D eigenvalue weighted by Crippen LogP contribution is -2.70. The van der Waals surface area contributed by atoms with E-state index in [1.807, 2.05) is 0 Å². The number of nitrogens with zero attached hydrogens (tertiary/aromatic N) is 3. The Labute approximate surface area is 214 Å². The maximum Gasteiger partial charge on any atom is 0.276 e. The van der Waals surface area contributed by atoms with Gasteiger partial charge >= 0.3 is 0 Å². The number of carbonyl (C=O) groups is 3. The molecule has 2 atom stereocenters. The highest BCUT2D eigenvalue weighted by atomic mass is 32.3. The molecule has 1 unspecified atom stereocenters. The van der Waals surface area contributed by atoms with Crippen molar-refractivity contribution in [3.8, 4) is 0 Å². The normalized spacial score (nSPS) is 20.6. The SMILES string of the molecule is CO/N=C(\C(=O)NC1C(=O)N2C(C(=O)S)=C(CCNS(=O)(=O)CSC)CS[C@H]12)c1csc(N)n1. The van der Waals surface area contributed by atoms with E-state index in [1.165, 1.54) is 40.9 Å². The van der Waals surface area contributed by atoms with Crippen molar-refractivity contribution in [3.05, 3.63) is 22.3 Å². The molecule has 3 rings (SSSR count). The highest BCUT2D eigenvalue weighted by Crippen LogP contribution is 2.41. The second-order valence-corrected chi connectivity index (χ2v) is 12.4. The molecule has 2 aliphatic rings. The van der Waals surface area contributed by atoms with Gasteiger partial charge in [-0.3, -0.25) is 19.3 Å². The van der Waals surface area contributed by atoms with Crippen LogP contribution in [-0.2, 0) is 29.2 Å². The Morgan fingerprint density at radius 1 is 1.47 bits per heavy atom. The Hall–Kier alpha value is -1.79. The van der Waals surface area contributed by atoms with Crippen molar-refractivity contribution >= 4 is 85.3 Å². The lowest BCUT2D eigenvalue weighted by molar-refractivity contribution is -0.146. The molecule has 17 heteroatoms. The van der Waals surface area contributed by atoms with Crippen molar-refractivity contribution in [1.82, 2.24) is 19.9 Å². The second-order valence-electron chi connectivity index (χ2n) is 6.98. The van der Waals surface area contributed by atoms with Crippen molar-refractivity contribution < 1.29 is 27.6 Å². The number of nitrogens with two attached hydrogens (primary N) is 1. The maximum absolute atomic E-state index is 12.9. The number of thioether (sulfide) groups is 2. The predicted octanol–water partition coefficient (Wildman–Crippen LogP) is -0.184. The maximum atomic E-state index is 12.9. The summed E-state index contributed by atoms with van der Waals surface area (Å²) in [4.78, 5) is 48.0. The number of sulfonamides is 1. The van der Waals surface area contributed by atoms with Crippen LogP contribution in [0.25, 0.3) is 0 Å². The Morgan fingerprint density at radius 2 is 2.21 bits per heavy atom. The molecule has 3 heterocycles. The first kappa shape index (κ1) is 26.8. The van der Waals surface area contributed by atoms with Gasteiger partial charge in [0.05, 0.1) is 5.70 Å². The number of aromatic nitrogens is 1. The topological polar surface area (TPSA) is 173 Å². The number of anilines is 1. The Bertz CT molecular complexity index is 1150. The average Bonchev–Trinajstić information content (AvgIpc) is 3.20. The third kappa shape index (κ3) is 5.88. The highest BCUT2D eigenvalue weighted by molar-refractivity contribution is 8.11. The molecule has 0 saturated carbocycles. The van der Waals surface area contributed by atoms with Crippen LogP contribution in [-0.4, -0.2) is 83.1 Å². The summed E-state index contributed by atoms with van der Waals surface area (Å²) in [5.41, 5.74) is 6.41. The van der Waals surface area contributed by atoms with Crippen molar-refractivity contribution in [2.75, 3.05) is 36.5 Å². The summed E-state index contributed by atoms with van der Waals surface area (Å²) in [7, 11) is -2.16. The summed E-state index contributed by atoms with van der Waals surface area (Å²) in [6.07, 6.45) is 1.92. The van der Waals surface area contributed by atoms with Crippen LogP contribution in [0.3, 0.4) is 0 Å². The molecular weight excluding hydrogens is 545 g/mol. The Kier molecular flexibility index (Phi) is 8.91. The molecule has 2 aliphatic heterocycles. The number of hydrogen-bond acceptors (Lipinski definition) is 12. The number of amides is 2. The number of rotatable bonds is 11. The highest BCUT2D eigenvalue weighted by Gasteiger charge is 2.53. The monoisotopic (exact) mass is 566 g/mol. The molecule has 4 N–H and O–H groups in total. The average molecular weight is 567 g/mol. The third-order valence-corrected chi connectivity index (χ3v) is 9.77. The number of oxime groups is 1. The third-order valence-electron chi connectivity index (χ3n) is 4.72. The van der Waals surface area contributed by atoms with E-state index < -0.39 is 38.4 Å². The fraction of sp³-hybridized carbons (Fsp3) is 0.471. The van der Waals surface area contributed by atoms with E-state index in [0.29, 0.717) is 11.3 Å². The van der Waals surface area contributed by atoms with E-state index in [-0.39, 0.29) is 40.3 Å². The van der Waals surface area contributed by atoms with Gasteiger partial charge in [-0.2, -0.15) is 0 Å². The zero-order valence-electron chi connectivity index (χ0n) is 18.0. The molecule has 1 aromatic rings. The number of β-lactam (4-membered cyclic amide) rings is 1. The quantitative estimate of drug-likeness (QED) is 0.122. The van der Waals surface area contributed by atoms with Crippen molar-refractivity contribution in [3.63, 3.8) is 0 Å². The zero-order valence-corrected chi connectivity index (χ0v) is 22.2. The minimum atomic E-state index is -3.43. The van der Waals surface area contributed by atoms with E-state index in [2.05, 4.69) is 32.8 Å². The Morgan fingerprint density at radius 3 is 2.79 bits per heavy atom. The standard InChI is InChI=1S/C17H22N6O6S5/c1-29-22-10(9-6-33-17(18)20-9)13(24)21-11-14(25)23-12(16(26)30)8(5-32-15(11)23)3-4-19-34(27,28)7-31-2/h6,11,15,19H,3-5,7H2,1-2H3,(H2,18,20)(H,21,24)(H,26,30)/b22-10-/t11?,15-/m1/s1. The molecule has 2 amide bonds. The van der Waals surface area contributed by atoms with E-state index in [9.17, 15) is 22.8 Å². The van der Waals surface area contributed by atoms with Crippen LogP contribution in [0.15, 0.2) is 21.8 Å². The lowest BCUT2D eigenvalue weighted by Gasteiger charge is -2.49. The number of thiazole rings is 1. The van der Waals surface area contributed by atoms with E-state index >= 15 is 0 Å². The molecule has 1 saturated heterocycles. The van der Waals surface area contributed by atoms with Crippen molar-refractivity contribution in [2.24, 2.45) is 5.16 Å². The van der Waals surface area contributed by atoms with Crippen LogP contribution in [0, 0.1) is 0 Å². The predicted molar refractivity (Wildman–Crippen MR) is 136 cm³/mol. The second kappa shape index (κ2) is 11.3. The number of nitrogen functional groups attached to an aromatic ring is 1. The summed E-state index contributed by atoms with van der Waals surface area (Å²) >= 11 is 7.56. The van der Waals surface area contributed by atoms with Crippen LogP contribution in [0.1, 0.15) is 12.1 Å². The van der Waals surface area contributed by atoms with Gasteiger partial charge < -0.3 is 15.9 Å². The minimum absolute atomic E-state index is 0.0743. The number of nitrogens with one attached hydrogen (secondary N) is 2. The number of thiol groups is 1. The summed E-state index contributed by atoms with van der Waals surface area (Å²) in [6.45, 7) is 0.0871. The van der Waals surface area contributed by atoms with Gasteiger partial charge in [-0.15, -0.1) is 34.9 Å². The molecule has 0 spiro atoms. The van der Waals surface area contributed by atoms with Gasteiger partial charge in [0.15, 0.2) is 10.8 Å². The largest absolute Gasteiger partial charge is 0.398 e. The lowest BCUT2D eigenvalue weighted by atomic mass is 10.0. The summed E-state index contributed by atoms with van der Waals surface area (Å²) in [5, 5.41) is 6.89. The zero-order chi connectivity index (χ0) is 25.0. The molecule has 186 valence electrons. The number of hydrogen-bond donors (Lipinski definition) is 4. The van der Waals surface area contributed by atoms with Crippen molar-refractivity contribution in [1.29, 1.82) is 0 Å². The first-order valence-electron chi connectivity index (χ1n) is 9.59. The minimum Gasteiger partial charge on any atom is -0.398 e. The van der Waals surface area contributed by atoms with Gasteiger partial charge in [-0.05, 0) is 18.2 Å². The molecule has 0 aromatic carbocycles. The van der Waals surface area contributed by atoms with Crippen LogP contribution in [0.5, 0.6) is 0 Å². The Balaban J connectivity index is 1.72. The number of carbonyl (C=O) groups excluding carboxylic acids is 3. The van der Waals surface area contributed by atoms with E-state index in [0.717, 1.165) is 11.3 Å². The first-order chi connectivity index (χ1) is 16.1. The van der Waals surface area contributed by atoms with Gasteiger partial charge in [0, 0.05) is 17.7 Å². The van der Waals surface area contributed by atoms with Gasteiger partial charge in [0.1, 0.15) is 29.3 Å². The van der Waals surface area contributed by atoms with E-state index in [1.54, 1.807) is 6.26 Å². The summed E-state index contributed by atoms with van der Waals surface area (Å²) < 4.78 is 26.2. The molecule has 1 fully saturated rings. The summed E-state index contributed by atoms with van der Waals surface area (Å²) in [6, 6.07) is -0.903. The molecule has 1 aromatic heterocycles. The number of fused-ring (bicyclic) bond motifs is 1. The molecular formula is C17H22N6O6S5. The summed E-state index contributed by atoms with van der Waals surface area (Å²) in [5.74, 6) is -0.797. The van der Waals surface area contributed by atoms with Crippen LogP contribution in [0.2, 0.25) is 0 Å². The van der Waals surface area contributed by atoms with Crippen LogP contribution in [0.4, 0.5) is 5.13 Å². The van der Waals surface area contributed by atoms with Gasteiger partial charge in [-0.1, -0.05) is 17.8 Å². The molecule has 34 heavy (non-hydrogen) atoms. The van der Waals surface area contributed by atoms with Crippen LogP contribution < -0.4 is 15.8 Å². The molecule has 12 nitrogen and oxygen atoms in total. The van der Waals surface area contributed by atoms with E-state index in [4.69, 9.17) is 10.6 Å². The molecule has 0 aliphatic carbocycles. The molecule has 0 radical (unpaired) electrons.